The molecule has 8 heteroatoms. The molecule has 1 fully saturated rings. The van der Waals surface area contributed by atoms with Gasteiger partial charge in [-0.1, -0.05) is 0 Å². The zero-order valence-corrected chi connectivity index (χ0v) is 8.29. The molecule has 1 aromatic heterocycles. The van der Waals surface area contributed by atoms with Crippen molar-refractivity contribution in [3.8, 4) is 0 Å². The number of aromatic nitrogens is 2. The average Bonchev–Trinajstić information content (AvgIpc) is 2.84. The summed E-state index contributed by atoms with van der Waals surface area (Å²) in [6.07, 6.45) is 1.08. The number of carbonyl (C=O) groups is 2. The molecule has 1 aliphatic heterocycles. The number of amides is 1. The SMILES string of the molecule is Nc1nonc1C(=O)N1CCCC1C(=O)O. The highest BCUT2D eigenvalue weighted by Gasteiger charge is 2.36. The minimum Gasteiger partial charge on any atom is -0.480 e. The Morgan fingerprint density at radius 2 is 2.25 bits per heavy atom. The molecule has 3 N–H and O–H groups in total. The highest BCUT2D eigenvalue weighted by atomic mass is 16.6. The quantitative estimate of drug-likeness (QED) is 0.686. The van der Waals surface area contributed by atoms with E-state index in [2.05, 4.69) is 14.9 Å². The van der Waals surface area contributed by atoms with E-state index in [0.29, 0.717) is 19.4 Å². The molecule has 0 radical (unpaired) electrons. The first-order chi connectivity index (χ1) is 7.61. The summed E-state index contributed by atoms with van der Waals surface area (Å²) < 4.78 is 4.30. The Morgan fingerprint density at radius 1 is 1.50 bits per heavy atom. The molecular formula is C8H10N4O4. The van der Waals surface area contributed by atoms with Gasteiger partial charge in [0, 0.05) is 6.54 Å². The molecule has 2 heterocycles. The number of carbonyl (C=O) groups excluding carboxylic acids is 1. The molecule has 0 bridgehead atoms. The lowest BCUT2D eigenvalue weighted by Crippen LogP contribution is -2.40. The van der Waals surface area contributed by atoms with E-state index in [9.17, 15) is 9.59 Å². The van der Waals surface area contributed by atoms with E-state index in [1.807, 2.05) is 0 Å². The number of nitrogen functional groups attached to an aromatic ring is 1. The summed E-state index contributed by atoms with van der Waals surface area (Å²) in [7, 11) is 0. The fourth-order valence-electron chi connectivity index (χ4n) is 1.75. The van der Waals surface area contributed by atoms with E-state index in [0.717, 1.165) is 0 Å². The summed E-state index contributed by atoms with van der Waals surface area (Å²) in [6, 6.07) is -0.816. The van der Waals surface area contributed by atoms with Crippen molar-refractivity contribution in [2.45, 2.75) is 18.9 Å². The normalized spacial score (nSPS) is 20.0. The number of rotatable bonds is 2. The third kappa shape index (κ3) is 1.58. The number of anilines is 1. The maximum atomic E-state index is 11.9. The number of likely N-dealkylation sites (tertiary alicyclic amines) is 1. The second-order valence-electron chi connectivity index (χ2n) is 3.49. The first-order valence-corrected chi connectivity index (χ1v) is 4.73. The van der Waals surface area contributed by atoms with Crippen LogP contribution in [0.15, 0.2) is 4.63 Å². The minimum absolute atomic E-state index is 0.124. The molecule has 0 saturated carbocycles. The van der Waals surface area contributed by atoms with Crippen LogP contribution in [0.4, 0.5) is 5.82 Å². The number of hydrogen-bond donors (Lipinski definition) is 2. The van der Waals surface area contributed by atoms with E-state index in [1.165, 1.54) is 4.90 Å². The smallest absolute Gasteiger partial charge is 0.326 e. The molecule has 1 aliphatic rings. The molecule has 2 rings (SSSR count). The Labute approximate surface area is 90.0 Å². The van der Waals surface area contributed by atoms with E-state index in [1.54, 1.807) is 0 Å². The summed E-state index contributed by atoms with van der Waals surface area (Å²) >= 11 is 0. The Hall–Kier alpha value is -2.12. The first-order valence-electron chi connectivity index (χ1n) is 4.73. The highest BCUT2D eigenvalue weighted by Crippen LogP contribution is 2.21. The summed E-state index contributed by atoms with van der Waals surface area (Å²) in [5, 5.41) is 15.5. The van der Waals surface area contributed by atoms with Crippen LogP contribution >= 0.6 is 0 Å². The van der Waals surface area contributed by atoms with Crippen molar-refractivity contribution in [3.63, 3.8) is 0 Å². The molecule has 1 saturated heterocycles. The lowest BCUT2D eigenvalue weighted by atomic mass is 10.2. The average molecular weight is 226 g/mol. The van der Waals surface area contributed by atoms with Crippen LogP contribution in [-0.2, 0) is 4.79 Å². The van der Waals surface area contributed by atoms with Crippen LogP contribution in [-0.4, -0.2) is 44.8 Å². The van der Waals surface area contributed by atoms with Gasteiger partial charge in [-0.15, -0.1) is 0 Å². The van der Waals surface area contributed by atoms with E-state index in [4.69, 9.17) is 10.8 Å². The van der Waals surface area contributed by atoms with Crippen LogP contribution in [0.5, 0.6) is 0 Å². The largest absolute Gasteiger partial charge is 0.480 e. The zero-order valence-electron chi connectivity index (χ0n) is 8.29. The fourth-order valence-corrected chi connectivity index (χ4v) is 1.75. The molecule has 16 heavy (non-hydrogen) atoms. The van der Waals surface area contributed by atoms with Crippen LogP contribution in [0.25, 0.3) is 0 Å². The monoisotopic (exact) mass is 226 g/mol. The second-order valence-corrected chi connectivity index (χ2v) is 3.49. The zero-order chi connectivity index (χ0) is 11.7. The van der Waals surface area contributed by atoms with Gasteiger partial charge in [-0.25, -0.2) is 9.42 Å². The van der Waals surface area contributed by atoms with Crippen molar-refractivity contribution < 1.29 is 19.3 Å². The molecule has 0 aromatic carbocycles. The van der Waals surface area contributed by atoms with Crippen LogP contribution < -0.4 is 5.73 Å². The Kier molecular flexibility index (Phi) is 2.47. The molecule has 1 amide bonds. The number of carboxylic acid groups (broad SMARTS) is 1. The molecule has 8 nitrogen and oxygen atoms in total. The van der Waals surface area contributed by atoms with Gasteiger partial charge in [0.1, 0.15) is 6.04 Å². The fraction of sp³-hybridized carbons (Fsp3) is 0.500. The van der Waals surface area contributed by atoms with Crippen LogP contribution in [0.3, 0.4) is 0 Å². The molecular weight excluding hydrogens is 216 g/mol. The first kappa shape index (κ1) is 10.4. The van der Waals surface area contributed by atoms with Gasteiger partial charge < -0.3 is 15.7 Å². The standard InChI is InChI=1S/C8H10N4O4/c9-6-5(10-16-11-6)7(13)12-3-1-2-4(12)8(14)15/h4H,1-3H2,(H2,9,11)(H,14,15). The topological polar surface area (TPSA) is 123 Å². The van der Waals surface area contributed by atoms with Gasteiger partial charge >= 0.3 is 5.97 Å². The predicted molar refractivity (Wildman–Crippen MR) is 50.4 cm³/mol. The number of carboxylic acids is 1. The van der Waals surface area contributed by atoms with E-state index in [-0.39, 0.29) is 11.5 Å². The lowest BCUT2D eigenvalue weighted by molar-refractivity contribution is -0.141. The summed E-state index contributed by atoms with van der Waals surface area (Å²) in [4.78, 5) is 24.0. The van der Waals surface area contributed by atoms with Crippen LogP contribution in [0, 0.1) is 0 Å². The number of hydrogen-bond acceptors (Lipinski definition) is 6. The third-order valence-corrected chi connectivity index (χ3v) is 2.52. The van der Waals surface area contributed by atoms with Gasteiger partial charge in [-0.3, -0.25) is 4.79 Å². The molecule has 0 aliphatic carbocycles. The van der Waals surface area contributed by atoms with Gasteiger partial charge in [0.15, 0.2) is 0 Å². The minimum atomic E-state index is -1.03. The van der Waals surface area contributed by atoms with Crippen molar-refractivity contribution in [2.75, 3.05) is 12.3 Å². The van der Waals surface area contributed by atoms with Crippen molar-refractivity contribution in [3.05, 3.63) is 5.69 Å². The molecule has 0 spiro atoms. The second kappa shape index (κ2) is 3.80. The van der Waals surface area contributed by atoms with Gasteiger partial charge in [-0.2, -0.15) is 0 Å². The van der Waals surface area contributed by atoms with Gasteiger partial charge in [0.2, 0.25) is 11.5 Å². The lowest BCUT2D eigenvalue weighted by Gasteiger charge is -2.19. The molecule has 1 atom stereocenters. The van der Waals surface area contributed by atoms with Gasteiger partial charge in [0.25, 0.3) is 5.91 Å². The maximum absolute atomic E-state index is 11.9. The van der Waals surface area contributed by atoms with Gasteiger partial charge in [0.05, 0.1) is 0 Å². The van der Waals surface area contributed by atoms with Gasteiger partial charge in [-0.05, 0) is 23.2 Å². The Morgan fingerprint density at radius 3 is 2.81 bits per heavy atom. The van der Waals surface area contributed by atoms with Crippen LogP contribution in [0.1, 0.15) is 23.3 Å². The van der Waals surface area contributed by atoms with Crippen molar-refractivity contribution in [2.24, 2.45) is 0 Å². The number of nitrogens with two attached hydrogens (primary N) is 1. The highest BCUT2D eigenvalue weighted by molar-refractivity contribution is 5.98. The van der Waals surface area contributed by atoms with Crippen molar-refractivity contribution in [1.29, 1.82) is 0 Å². The number of nitrogens with zero attached hydrogens (tertiary/aromatic N) is 3. The van der Waals surface area contributed by atoms with E-state index >= 15 is 0 Å². The Bertz CT molecular complexity index is 429. The molecule has 86 valence electrons. The third-order valence-electron chi connectivity index (χ3n) is 2.52. The predicted octanol–water partition coefficient (Wildman–Crippen LogP) is -0.659. The summed E-state index contributed by atoms with van der Waals surface area (Å²) in [6.45, 7) is 0.377. The molecule has 1 aromatic rings. The summed E-state index contributed by atoms with van der Waals surface area (Å²) in [5.74, 6) is -1.70. The van der Waals surface area contributed by atoms with Crippen molar-refractivity contribution in [1.82, 2.24) is 15.2 Å². The summed E-state index contributed by atoms with van der Waals surface area (Å²) in [5.41, 5.74) is 5.24. The Balaban J connectivity index is 2.22. The molecule has 1 unspecified atom stereocenters. The van der Waals surface area contributed by atoms with E-state index < -0.39 is 17.9 Å². The van der Waals surface area contributed by atoms with Crippen molar-refractivity contribution >= 4 is 17.7 Å². The van der Waals surface area contributed by atoms with Crippen LogP contribution in [0.2, 0.25) is 0 Å². The maximum Gasteiger partial charge on any atom is 0.326 e. The number of aliphatic carboxylic acids is 1.